The lowest BCUT2D eigenvalue weighted by atomic mass is 9.89. The molecule has 1 aliphatic carbocycles. The molecule has 1 aromatic heterocycles. The number of nitrogens with two attached hydrogens (primary N) is 2. The average molecular weight is 446 g/mol. The van der Waals surface area contributed by atoms with E-state index >= 15 is 0 Å². The van der Waals surface area contributed by atoms with E-state index in [0.29, 0.717) is 23.4 Å². The molecule has 0 bridgehead atoms. The average Bonchev–Trinajstić information content (AvgIpc) is 3.28. The highest BCUT2D eigenvalue weighted by molar-refractivity contribution is 6.02. The first-order chi connectivity index (χ1) is 16.0. The number of allylic oxidation sites excluding steroid dienone is 1. The molecule has 0 amide bonds. The summed E-state index contributed by atoms with van der Waals surface area (Å²) in [5.41, 5.74) is 17.8. The fourth-order valence-electron chi connectivity index (χ4n) is 4.93. The Kier molecular flexibility index (Phi) is 5.58. The van der Waals surface area contributed by atoms with Crippen molar-refractivity contribution in [1.82, 2.24) is 14.7 Å². The molecule has 0 radical (unpaired) electrons. The van der Waals surface area contributed by atoms with Crippen LogP contribution in [0, 0.1) is 5.92 Å². The van der Waals surface area contributed by atoms with Crippen molar-refractivity contribution >= 4 is 11.6 Å². The molecule has 0 atom stereocenters. The van der Waals surface area contributed by atoms with E-state index in [0.717, 1.165) is 34.6 Å². The molecule has 2 aliphatic heterocycles. The highest BCUT2D eigenvalue weighted by Crippen LogP contribution is 2.39. The number of nitrogens with zero attached hydrogens (tertiary/aromatic N) is 5. The fraction of sp³-hybridized carbons (Fsp3) is 0.360. The Morgan fingerprint density at radius 2 is 1.94 bits per heavy atom. The van der Waals surface area contributed by atoms with E-state index in [1.807, 2.05) is 42.5 Å². The zero-order valence-electron chi connectivity index (χ0n) is 19.2. The van der Waals surface area contributed by atoms with Gasteiger partial charge in [-0.3, -0.25) is 9.58 Å². The van der Waals surface area contributed by atoms with E-state index in [-0.39, 0.29) is 0 Å². The predicted molar refractivity (Wildman–Crippen MR) is 131 cm³/mol. The number of guanidine groups is 1. The SMILES string of the molecule is COc1cc(-c2cnn(C)c2)ccc1N1C(N)=NC=C2C=CN(CC3CCCCC3)C(N)=C21. The van der Waals surface area contributed by atoms with Gasteiger partial charge in [0.05, 0.1) is 24.7 Å². The summed E-state index contributed by atoms with van der Waals surface area (Å²) in [4.78, 5) is 8.49. The summed E-state index contributed by atoms with van der Waals surface area (Å²) < 4.78 is 7.57. The first kappa shape index (κ1) is 21.2. The molecule has 0 saturated heterocycles. The number of methoxy groups -OCH3 is 1. The van der Waals surface area contributed by atoms with Crippen LogP contribution in [0.3, 0.4) is 0 Å². The Morgan fingerprint density at radius 1 is 1.12 bits per heavy atom. The lowest BCUT2D eigenvalue weighted by molar-refractivity contribution is 0.281. The van der Waals surface area contributed by atoms with E-state index in [1.165, 1.54) is 32.1 Å². The van der Waals surface area contributed by atoms with Crippen LogP contribution in [-0.4, -0.2) is 34.3 Å². The number of hydrogen-bond donors (Lipinski definition) is 2. The monoisotopic (exact) mass is 445 g/mol. The Labute approximate surface area is 194 Å². The standard InChI is InChI=1S/C25H31N7O/c1-30-16-20(14-29-30)18-8-9-21(22(12-18)33-2)32-23-19(13-28-25(32)27)10-11-31(24(23)26)15-17-6-4-3-5-7-17/h8-14,16-17H,3-7,15,26H2,1-2H3,(H2,27,28). The topological polar surface area (TPSA) is 97.9 Å². The highest BCUT2D eigenvalue weighted by atomic mass is 16.5. The number of aryl methyl sites for hydroxylation is 1. The number of aromatic nitrogens is 2. The van der Waals surface area contributed by atoms with E-state index in [9.17, 15) is 0 Å². The summed E-state index contributed by atoms with van der Waals surface area (Å²) in [6.45, 7) is 0.918. The Bertz CT molecular complexity index is 1170. The molecule has 0 spiro atoms. The second-order valence-electron chi connectivity index (χ2n) is 8.90. The van der Waals surface area contributed by atoms with Crippen LogP contribution in [0.25, 0.3) is 11.1 Å². The molecule has 172 valence electrons. The van der Waals surface area contributed by atoms with Crippen LogP contribution in [0.2, 0.25) is 0 Å². The van der Waals surface area contributed by atoms with Gasteiger partial charge in [0.25, 0.3) is 0 Å². The number of ether oxygens (including phenoxy) is 1. The summed E-state index contributed by atoms with van der Waals surface area (Å²) in [5.74, 6) is 2.39. The minimum atomic E-state index is 0.358. The van der Waals surface area contributed by atoms with Gasteiger partial charge < -0.3 is 21.1 Å². The van der Waals surface area contributed by atoms with Gasteiger partial charge in [0.1, 0.15) is 11.6 Å². The highest BCUT2D eigenvalue weighted by Gasteiger charge is 2.31. The van der Waals surface area contributed by atoms with Crippen LogP contribution in [0.1, 0.15) is 32.1 Å². The molecule has 8 nitrogen and oxygen atoms in total. The van der Waals surface area contributed by atoms with Gasteiger partial charge in [0.15, 0.2) is 0 Å². The Morgan fingerprint density at radius 3 is 2.67 bits per heavy atom. The molecule has 33 heavy (non-hydrogen) atoms. The van der Waals surface area contributed by atoms with Gasteiger partial charge in [0, 0.05) is 43.3 Å². The molecular weight excluding hydrogens is 414 g/mol. The predicted octanol–water partition coefficient (Wildman–Crippen LogP) is 3.65. The zero-order valence-corrected chi connectivity index (χ0v) is 19.2. The molecule has 2 aromatic rings. The summed E-state index contributed by atoms with van der Waals surface area (Å²) in [5, 5.41) is 4.27. The lowest BCUT2D eigenvalue weighted by Crippen LogP contribution is -2.44. The fourth-order valence-corrected chi connectivity index (χ4v) is 4.93. The van der Waals surface area contributed by atoms with Gasteiger partial charge in [-0.1, -0.05) is 25.3 Å². The van der Waals surface area contributed by atoms with E-state index in [4.69, 9.17) is 16.2 Å². The maximum absolute atomic E-state index is 6.77. The molecule has 3 heterocycles. The van der Waals surface area contributed by atoms with Crippen LogP contribution in [0.5, 0.6) is 5.75 Å². The summed E-state index contributed by atoms with van der Waals surface area (Å²) >= 11 is 0. The second-order valence-corrected chi connectivity index (χ2v) is 8.90. The number of hydrogen-bond acceptors (Lipinski definition) is 7. The summed E-state index contributed by atoms with van der Waals surface area (Å²) in [7, 11) is 3.56. The molecule has 5 rings (SSSR count). The lowest BCUT2D eigenvalue weighted by Gasteiger charge is -2.37. The summed E-state index contributed by atoms with van der Waals surface area (Å²) in [6, 6.07) is 6.03. The van der Waals surface area contributed by atoms with E-state index in [2.05, 4.69) is 27.3 Å². The maximum atomic E-state index is 6.77. The quantitative estimate of drug-likeness (QED) is 0.729. The molecule has 1 fully saturated rings. The van der Waals surface area contributed by atoms with E-state index in [1.54, 1.807) is 18.0 Å². The molecule has 3 aliphatic rings. The second kappa shape index (κ2) is 8.69. The van der Waals surface area contributed by atoms with Crippen molar-refractivity contribution in [3.05, 3.63) is 66.2 Å². The molecule has 8 heteroatoms. The first-order valence-corrected chi connectivity index (χ1v) is 11.5. The van der Waals surface area contributed by atoms with Gasteiger partial charge in [0.2, 0.25) is 5.96 Å². The minimum absolute atomic E-state index is 0.358. The van der Waals surface area contributed by atoms with Crippen molar-refractivity contribution in [3.63, 3.8) is 0 Å². The van der Waals surface area contributed by atoms with Gasteiger partial charge in [-0.05, 0) is 42.5 Å². The third-order valence-corrected chi connectivity index (χ3v) is 6.69. The molecular formula is C25H31N7O. The maximum Gasteiger partial charge on any atom is 0.205 e. The molecule has 4 N–H and O–H groups in total. The van der Waals surface area contributed by atoms with Crippen molar-refractivity contribution < 1.29 is 4.74 Å². The third kappa shape index (κ3) is 3.97. The number of rotatable bonds is 5. The van der Waals surface area contributed by atoms with Crippen LogP contribution in [0.15, 0.2) is 71.2 Å². The van der Waals surface area contributed by atoms with Crippen LogP contribution in [0.4, 0.5) is 5.69 Å². The largest absolute Gasteiger partial charge is 0.495 e. The molecule has 1 saturated carbocycles. The van der Waals surface area contributed by atoms with Crippen molar-refractivity contribution in [3.8, 4) is 16.9 Å². The Balaban J connectivity index is 1.52. The van der Waals surface area contributed by atoms with Gasteiger partial charge in [-0.2, -0.15) is 5.10 Å². The van der Waals surface area contributed by atoms with Gasteiger partial charge >= 0.3 is 0 Å². The van der Waals surface area contributed by atoms with Gasteiger partial charge in [-0.25, -0.2) is 4.99 Å². The van der Waals surface area contributed by atoms with Crippen molar-refractivity contribution in [2.75, 3.05) is 18.6 Å². The normalized spacial score (nSPS) is 18.8. The Hall–Kier alpha value is -3.68. The van der Waals surface area contributed by atoms with Crippen molar-refractivity contribution in [2.24, 2.45) is 29.4 Å². The summed E-state index contributed by atoms with van der Waals surface area (Å²) in [6.07, 6.45) is 16.2. The molecule has 0 unspecified atom stereocenters. The number of benzene rings is 1. The zero-order chi connectivity index (χ0) is 22.9. The first-order valence-electron chi connectivity index (χ1n) is 11.5. The van der Waals surface area contributed by atoms with Crippen LogP contribution in [-0.2, 0) is 7.05 Å². The third-order valence-electron chi connectivity index (χ3n) is 6.69. The van der Waals surface area contributed by atoms with Crippen LogP contribution >= 0.6 is 0 Å². The molecule has 1 aromatic carbocycles. The minimum Gasteiger partial charge on any atom is -0.495 e. The van der Waals surface area contributed by atoms with E-state index < -0.39 is 0 Å². The van der Waals surface area contributed by atoms with Gasteiger partial charge in [-0.15, -0.1) is 0 Å². The number of fused-ring (bicyclic) bond motifs is 1. The number of aliphatic imine (C=N–C) groups is 1. The van der Waals surface area contributed by atoms with Crippen molar-refractivity contribution in [2.45, 2.75) is 32.1 Å². The van der Waals surface area contributed by atoms with Crippen molar-refractivity contribution in [1.29, 1.82) is 0 Å². The van der Waals surface area contributed by atoms with Crippen LogP contribution < -0.4 is 21.1 Å². The smallest absolute Gasteiger partial charge is 0.205 e. The number of anilines is 1.